The lowest BCUT2D eigenvalue weighted by Gasteiger charge is -2.18. The lowest BCUT2D eigenvalue weighted by Crippen LogP contribution is -2.29. The number of aliphatic hydroxyl groups excluding tert-OH is 2. The van der Waals surface area contributed by atoms with Crippen molar-refractivity contribution in [3.63, 3.8) is 0 Å². The molecule has 0 aromatic rings. The lowest BCUT2D eigenvalue weighted by atomic mass is 10.0. The van der Waals surface area contributed by atoms with Gasteiger partial charge in [-0.3, -0.25) is 14.1 Å². The second-order valence-electron chi connectivity index (χ2n) is 14.1. The van der Waals surface area contributed by atoms with Gasteiger partial charge in [0.2, 0.25) is 0 Å². The van der Waals surface area contributed by atoms with Crippen LogP contribution in [0.3, 0.4) is 0 Å². The molecular formula is C43H73O10P. The van der Waals surface area contributed by atoms with Gasteiger partial charge in [0.15, 0.2) is 6.10 Å². The summed E-state index contributed by atoms with van der Waals surface area (Å²) in [5.41, 5.74) is 0. The van der Waals surface area contributed by atoms with E-state index >= 15 is 0 Å². The van der Waals surface area contributed by atoms with Gasteiger partial charge in [-0.25, -0.2) is 4.57 Å². The Morgan fingerprint density at radius 2 is 1.22 bits per heavy atom. The highest BCUT2D eigenvalue weighted by Gasteiger charge is 2.22. The molecule has 0 aliphatic rings. The fourth-order valence-corrected chi connectivity index (χ4v) is 5.66. The van der Waals surface area contributed by atoms with Crippen molar-refractivity contribution < 1.29 is 48.2 Å². The van der Waals surface area contributed by atoms with Crippen molar-refractivity contribution >= 4 is 19.8 Å². The van der Waals surface area contributed by atoms with Crippen molar-refractivity contribution in [2.24, 2.45) is 5.92 Å². The van der Waals surface area contributed by atoms with Gasteiger partial charge in [0.05, 0.1) is 18.8 Å². The van der Waals surface area contributed by atoms with E-state index < -0.39 is 44.7 Å². The highest BCUT2D eigenvalue weighted by Crippen LogP contribution is 2.36. The van der Waals surface area contributed by atoms with Crippen LogP contribution in [0.15, 0.2) is 72.9 Å². The summed E-state index contributed by atoms with van der Waals surface area (Å²) in [7, 11) is -4.81. The summed E-state index contributed by atoms with van der Waals surface area (Å²) in [6.45, 7) is 5.65. The number of esters is 2. The van der Waals surface area contributed by atoms with E-state index in [0.29, 0.717) is 32.1 Å². The third kappa shape index (κ3) is 39.1. The first-order chi connectivity index (χ1) is 25.9. The molecule has 310 valence electrons. The zero-order chi connectivity index (χ0) is 40.1. The van der Waals surface area contributed by atoms with Crippen molar-refractivity contribution in [2.75, 3.05) is 13.2 Å². The Hall–Kier alpha value is -2.59. The molecule has 0 unspecified atom stereocenters. The van der Waals surface area contributed by atoms with E-state index in [-0.39, 0.29) is 19.4 Å². The molecule has 0 fully saturated rings. The smallest absolute Gasteiger partial charge is 0.462 e. The minimum absolute atomic E-state index is 0.0232. The van der Waals surface area contributed by atoms with Crippen LogP contribution in [0.4, 0.5) is 0 Å². The average molecular weight is 781 g/mol. The second kappa shape index (κ2) is 36.1. The Morgan fingerprint density at radius 3 is 1.81 bits per heavy atom. The largest absolute Gasteiger partial charge is 0.469 e. The van der Waals surface area contributed by atoms with Crippen LogP contribution in [0.2, 0.25) is 0 Å². The number of carbonyl (C=O) groups excluding carboxylic acids is 2. The predicted octanol–water partition coefficient (Wildman–Crippen LogP) is 10.1. The van der Waals surface area contributed by atoms with Gasteiger partial charge in [-0.15, -0.1) is 0 Å². The summed E-state index contributed by atoms with van der Waals surface area (Å²) in [6.07, 6.45) is 38.5. The molecule has 0 saturated carbocycles. The van der Waals surface area contributed by atoms with Gasteiger partial charge >= 0.3 is 19.8 Å². The van der Waals surface area contributed by atoms with Crippen LogP contribution in [0.1, 0.15) is 149 Å². The lowest BCUT2D eigenvalue weighted by molar-refractivity contribution is -0.161. The normalized spacial score (nSPS) is 14.5. The van der Waals surface area contributed by atoms with E-state index in [1.54, 1.807) is 30.4 Å². The summed E-state index contributed by atoms with van der Waals surface area (Å²) in [4.78, 5) is 42.8. The zero-order valence-electron chi connectivity index (χ0n) is 33.5. The number of phosphoric ester groups is 1. The third-order valence-corrected chi connectivity index (χ3v) is 8.83. The van der Waals surface area contributed by atoms with Crippen molar-refractivity contribution in [2.45, 2.75) is 167 Å². The van der Waals surface area contributed by atoms with E-state index in [1.165, 1.54) is 57.8 Å². The highest BCUT2D eigenvalue weighted by molar-refractivity contribution is 7.46. The van der Waals surface area contributed by atoms with Crippen molar-refractivity contribution in [3.8, 4) is 0 Å². The van der Waals surface area contributed by atoms with Crippen LogP contribution in [0, 0.1) is 5.92 Å². The van der Waals surface area contributed by atoms with Crippen molar-refractivity contribution in [1.82, 2.24) is 0 Å². The fourth-order valence-electron chi connectivity index (χ4n) is 5.30. The standard InChI is InChI=1S/C43H73O10P/c1-4-5-22-30-39(44)31-24-18-14-12-15-19-25-32-40(45)33-26-21-28-35-43(47)53-41(37-52-54(48,49)50)36-51-42(46)34-27-20-16-11-9-7-6-8-10-13-17-23-29-38(2)3/h5,14-15,18-19,22,24-26,31-33,38-41,44-45H,4,6-13,16-17,20-21,23,27-30,34-37H2,1-3H3,(H2,48,49,50)/b18-14-,19-15-,22-5-,31-24+,32-25+,33-26-/t39-,40-,41+/m0/s1. The maximum atomic E-state index is 12.4. The number of aliphatic hydroxyl groups is 2. The molecule has 0 aliphatic heterocycles. The molecule has 0 spiro atoms. The Labute approximate surface area is 326 Å². The van der Waals surface area contributed by atoms with E-state index in [4.69, 9.17) is 19.3 Å². The van der Waals surface area contributed by atoms with Crippen molar-refractivity contribution in [1.29, 1.82) is 0 Å². The topological polar surface area (TPSA) is 160 Å². The number of hydrogen-bond acceptors (Lipinski definition) is 8. The van der Waals surface area contributed by atoms with E-state index in [9.17, 15) is 24.4 Å². The number of hydrogen-bond donors (Lipinski definition) is 4. The molecular weight excluding hydrogens is 707 g/mol. The molecule has 0 aromatic heterocycles. The van der Waals surface area contributed by atoms with Crippen LogP contribution in [-0.4, -0.2) is 63.5 Å². The summed E-state index contributed by atoms with van der Waals surface area (Å²) < 4.78 is 26.2. The highest BCUT2D eigenvalue weighted by atomic mass is 31.2. The predicted molar refractivity (Wildman–Crippen MR) is 219 cm³/mol. The molecule has 0 heterocycles. The van der Waals surface area contributed by atoms with Crippen molar-refractivity contribution in [3.05, 3.63) is 72.9 Å². The van der Waals surface area contributed by atoms with Crippen LogP contribution in [-0.2, 0) is 28.2 Å². The minimum Gasteiger partial charge on any atom is -0.462 e. The molecule has 0 amide bonds. The van der Waals surface area contributed by atoms with Gasteiger partial charge in [0.1, 0.15) is 6.61 Å². The van der Waals surface area contributed by atoms with Crippen LogP contribution < -0.4 is 0 Å². The molecule has 0 aromatic carbocycles. The molecule has 0 bridgehead atoms. The quantitative estimate of drug-likeness (QED) is 0.0160. The molecule has 11 heteroatoms. The van der Waals surface area contributed by atoms with E-state index in [2.05, 4.69) is 25.3 Å². The summed E-state index contributed by atoms with van der Waals surface area (Å²) in [5.74, 6) is -0.267. The molecule has 0 saturated heterocycles. The summed E-state index contributed by atoms with van der Waals surface area (Å²) >= 11 is 0. The fraction of sp³-hybridized carbons (Fsp3) is 0.674. The molecule has 3 atom stereocenters. The Kier molecular flexibility index (Phi) is 34.3. The van der Waals surface area contributed by atoms with Gasteiger partial charge in [-0.2, -0.15) is 0 Å². The van der Waals surface area contributed by atoms with Crippen LogP contribution in [0.5, 0.6) is 0 Å². The first-order valence-corrected chi connectivity index (χ1v) is 21.9. The summed E-state index contributed by atoms with van der Waals surface area (Å²) in [5, 5.41) is 19.9. The maximum absolute atomic E-state index is 12.4. The van der Waals surface area contributed by atoms with Gasteiger partial charge in [-0.1, -0.05) is 171 Å². The number of allylic oxidation sites excluding steroid dienone is 8. The second-order valence-corrected chi connectivity index (χ2v) is 15.4. The number of unbranched alkanes of at least 4 members (excludes halogenated alkanes) is 12. The Morgan fingerprint density at radius 1 is 0.648 bits per heavy atom. The molecule has 0 radical (unpaired) electrons. The third-order valence-electron chi connectivity index (χ3n) is 8.34. The number of carbonyl (C=O) groups is 2. The number of ether oxygens (including phenoxy) is 2. The first-order valence-electron chi connectivity index (χ1n) is 20.3. The van der Waals surface area contributed by atoms with Gasteiger partial charge < -0.3 is 29.5 Å². The molecule has 4 N–H and O–H groups in total. The molecule has 0 rings (SSSR count). The molecule has 0 aliphatic carbocycles. The SMILES string of the molecule is CC/C=C\C[C@H](O)/C=C/C=C\C/C=C\C=C\[C@H](O)/C=C\CCCC(=O)O[C@H](COC(=O)CCCCCCCCCCCCCCC(C)C)COP(=O)(O)O. The van der Waals surface area contributed by atoms with Gasteiger partial charge in [0, 0.05) is 12.8 Å². The molecule has 10 nitrogen and oxygen atoms in total. The van der Waals surface area contributed by atoms with Crippen LogP contribution in [0.25, 0.3) is 0 Å². The maximum Gasteiger partial charge on any atom is 0.469 e. The van der Waals surface area contributed by atoms with E-state index in [0.717, 1.165) is 31.6 Å². The zero-order valence-corrected chi connectivity index (χ0v) is 34.4. The molecule has 54 heavy (non-hydrogen) atoms. The van der Waals surface area contributed by atoms with E-state index in [1.807, 2.05) is 42.5 Å². The Balaban J connectivity index is 4.22. The van der Waals surface area contributed by atoms with Gasteiger partial charge in [-0.05, 0) is 44.4 Å². The number of rotatable bonds is 35. The number of phosphoric acid groups is 1. The Bertz CT molecular complexity index is 1150. The van der Waals surface area contributed by atoms with Crippen LogP contribution >= 0.6 is 7.82 Å². The summed E-state index contributed by atoms with van der Waals surface area (Å²) in [6, 6.07) is 0. The monoisotopic (exact) mass is 780 g/mol. The minimum atomic E-state index is -4.81. The van der Waals surface area contributed by atoms with Gasteiger partial charge in [0.25, 0.3) is 0 Å². The average Bonchev–Trinajstić information content (AvgIpc) is 3.11. The first kappa shape index (κ1) is 51.4.